The Hall–Kier alpha value is -3.20. The molecule has 3 fully saturated rings. The van der Waals surface area contributed by atoms with Gasteiger partial charge in [-0.1, -0.05) is 33.4 Å². The van der Waals surface area contributed by atoms with Crippen molar-refractivity contribution in [3.8, 4) is 0 Å². The van der Waals surface area contributed by atoms with E-state index in [1.165, 1.54) is 27.0 Å². The maximum Gasteiger partial charge on any atom is 0.305 e. The number of rotatable bonds is 6. The van der Waals surface area contributed by atoms with E-state index in [9.17, 15) is 19.2 Å². The van der Waals surface area contributed by atoms with Crippen LogP contribution in [0.4, 0.5) is 0 Å². The fourth-order valence-corrected chi connectivity index (χ4v) is 7.95. The van der Waals surface area contributed by atoms with Crippen LogP contribution in [0.1, 0.15) is 58.9 Å². The molecule has 1 unspecified atom stereocenters. The highest BCUT2D eigenvalue weighted by Gasteiger charge is 2.83. The quantitative estimate of drug-likeness (QED) is 0.229. The number of allylic oxidation sites excluding steroid dienone is 2. The molecule has 2 heterocycles. The van der Waals surface area contributed by atoms with Crippen LogP contribution in [0.5, 0.6) is 0 Å². The van der Waals surface area contributed by atoms with E-state index in [2.05, 4.69) is 6.58 Å². The van der Waals surface area contributed by atoms with Gasteiger partial charge in [0.25, 0.3) is 0 Å². The summed E-state index contributed by atoms with van der Waals surface area (Å²) in [4.78, 5) is 50.7. The number of furan rings is 1. The van der Waals surface area contributed by atoms with Gasteiger partial charge in [0.1, 0.15) is 17.8 Å². The molecule has 3 aliphatic carbocycles. The smallest absolute Gasteiger partial charge is 0.305 e. The van der Waals surface area contributed by atoms with Gasteiger partial charge in [-0.2, -0.15) is 0 Å². The summed E-state index contributed by atoms with van der Waals surface area (Å²) < 4.78 is 28.9. The second kappa shape index (κ2) is 9.18. The fourth-order valence-electron chi connectivity index (χ4n) is 7.95. The second-order valence-corrected chi connectivity index (χ2v) is 12.0. The molecule has 1 aromatic heterocycles. The molecule has 9 heteroatoms. The maximum absolute atomic E-state index is 13.0. The van der Waals surface area contributed by atoms with E-state index in [1.54, 1.807) is 32.4 Å². The molecule has 4 aliphatic rings. The van der Waals surface area contributed by atoms with Gasteiger partial charge in [-0.15, -0.1) is 0 Å². The van der Waals surface area contributed by atoms with Crippen molar-refractivity contribution in [3.05, 3.63) is 48.5 Å². The number of hydrogen-bond acceptors (Lipinski definition) is 9. The number of ether oxygens (including phenoxy) is 4. The number of carbonyl (C=O) groups is 4. The zero-order valence-corrected chi connectivity index (χ0v) is 23.2. The Balaban J connectivity index is 1.68. The molecule has 1 spiro atoms. The van der Waals surface area contributed by atoms with Crippen molar-refractivity contribution in [2.45, 2.75) is 77.3 Å². The lowest BCUT2D eigenvalue weighted by Gasteiger charge is -2.56. The molecule has 0 radical (unpaired) electrons. The van der Waals surface area contributed by atoms with E-state index in [0.29, 0.717) is 12.0 Å². The number of epoxide rings is 1. The van der Waals surface area contributed by atoms with Gasteiger partial charge in [-0.05, 0) is 41.5 Å². The van der Waals surface area contributed by atoms with Crippen molar-refractivity contribution >= 4 is 23.7 Å². The highest BCUT2D eigenvalue weighted by Crippen LogP contribution is 2.75. The van der Waals surface area contributed by atoms with Gasteiger partial charge >= 0.3 is 17.9 Å². The molecule has 1 aliphatic heterocycles. The summed E-state index contributed by atoms with van der Waals surface area (Å²) in [6.45, 7) is 12.8. The third-order valence-corrected chi connectivity index (χ3v) is 9.89. The summed E-state index contributed by atoms with van der Waals surface area (Å²) in [5, 5.41) is 0. The van der Waals surface area contributed by atoms with Crippen LogP contribution < -0.4 is 0 Å². The minimum absolute atomic E-state index is 0.0226. The summed E-state index contributed by atoms with van der Waals surface area (Å²) in [7, 11) is 1.31. The molecule has 9 atom stereocenters. The van der Waals surface area contributed by atoms with Crippen molar-refractivity contribution in [2.75, 3.05) is 7.11 Å². The van der Waals surface area contributed by atoms with E-state index in [4.69, 9.17) is 23.4 Å². The zero-order chi connectivity index (χ0) is 28.5. The van der Waals surface area contributed by atoms with Crippen molar-refractivity contribution in [1.82, 2.24) is 0 Å². The monoisotopic (exact) mass is 540 g/mol. The molecule has 9 nitrogen and oxygen atoms in total. The largest absolute Gasteiger partial charge is 0.472 e. The zero-order valence-electron chi connectivity index (χ0n) is 23.2. The Labute approximate surface area is 227 Å². The van der Waals surface area contributed by atoms with Crippen LogP contribution in [0.15, 0.2) is 47.3 Å². The Morgan fingerprint density at radius 3 is 2.41 bits per heavy atom. The molecule has 0 N–H and O–H groups in total. The van der Waals surface area contributed by atoms with Gasteiger partial charge in [-0.25, -0.2) is 0 Å². The average Bonchev–Trinajstić information content (AvgIpc) is 3.21. The van der Waals surface area contributed by atoms with E-state index in [1.807, 2.05) is 13.0 Å². The predicted octanol–water partition coefficient (Wildman–Crippen LogP) is 3.92. The highest BCUT2D eigenvalue weighted by atomic mass is 16.6. The van der Waals surface area contributed by atoms with E-state index >= 15 is 0 Å². The summed E-state index contributed by atoms with van der Waals surface area (Å²) in [6.07, 6.45) is 5.18. The summed E-state index contributed by atoms with van der Waals surface area (Å²) in [6, 6.07) is 1.89. The Bertz CT molecular complexity index is 1240. The SMILES string of the molecule is C=C1[C@@H](C2C=CC(=O)C(C)(C)[C@@H]2CC(=O)OC)[C@H](OC(C)=O)[C@H](OC(C)=O)[C@@]2(C)[C@H](c3ccoc3)C[C@@H]3O[C@]132. The highest BCUT2D eigenvalue weighted by molar-refractivity contribution is 5.96. The van der Waals surface area contributed by atoms with Crippen molar-refractivity contribution in [2.24, 2.45) is 28.6 Å². The van der Waals surface area contributed by atoms with Gasteiger partial charge < -0.3 is 23.4 Å². The first-order chi connectivity index (χ1) is 18.3. The molecule has 1 saturated heterocycles. The molecule has 0 amide bonds. The molecule has 0 aromatic carbocycles. The number of esters is 3. The van der Waals surface area contributed by atoms with Crippen LogP contribution in [-0.2, 0) is 38.1 Å². The van der Waals surface area contributed by atoms with Crippen LogP contribution in [-0.4, -0.2) is 54.7 Å². The summed E-state index contributed by atoms with van der Waals surface area (Å²) in [5.74, 6) is -3.30. The normalized spacial score (nSPS) is 39.9. The number of ketones is 1. The Morgan fingerprint density at radius 1 is 1.13 bits per heavy atom. The molecule has 0 bridgehead atoms. The first-order valence-electron chi connectivity index (χ1n) is 13.3. The summed E-state index contributed by atoms with van der Waals surface area (Å²) in [5.41, 5.74) is -0.951. The molecule has 39 heavy (non-hydrogen) atoms. The first kappa shape index (κ1) is 27.4. The standard InChI is InChI=1S/C30H36O9/c1-15-25(19-8-9-22(33)28(4,5)21(19)13-24(34)35-7)26(37-16(2)31)27(38-17(3)32)29(6)20(18-10-11-36-14-18)12-23-30(15,29)39-23/h8-11,14,19-21,23,25-27H,1,12-13H2,2-7H3/t19?,20-,21+,23-,25-,26-,27-,29+,30+/m0/s1. The minimum Gasteiger partial charge on any atom is -0.472 e. The lowest BCUT2D eigenvalue weighted by molar-refractivity contribution is -0.201. The maximum atomic E-state index is 13.0. The number of carbonyl (C=O) groups excluding carboxylic acids is 4. The van der Waals surface area contributed by atoms with E-state index < -0.39 is 64.3 Å². The van der Waals surface area contributed by atoms with E-state index in [-0.39, 0.29) is 24.2 Å². The topological polar surface area (TPSA) is 122 Å². The Kier molecular flexibility index (Phi) is 6.44. The summed E-state index contributed by atoms with van der Waals surface area (Å²) >= 11 is 0. The van der Waals surface area contributed by atoms with Crippen LogP contribution in [0.3, 0.4) is 0 Å². The van der Waals surface area contributed by atoms with Crippen LogP contribution in [0.2, 0.25) is 0 Å². The minimum atomic E-state index is -0.939. The van der Waals surface area contributed by atoms with Gasteiger partial charge in [0.15, 0.2) is 5.78 Å². The van der Waals surface area contributed by atoms with Gasteiger partial charge in [0.05, 0.1) is 31.2 Å². The van der Waals surface area contributed by atoms with Crippen molar-refractivity contribution < 1.29 is 42.5 Å². The van der Waals surface area contributed by atoms with Crippen LogP contribution in [0.25, 0.3) is 0 Å². The molecule has 210 valence electrons. The number of hydrogen-bond donors (Lipinski definition) is 0. The molecule has 1 aromatic rings. The second-order valence-electron chi connectivity index (χ2n) is 12.0. The van der Waals surface area contributed by atoms with Gasteiger partial charge in [0, 0.05) is 37.5 Å². The lowest BCUT2D eigenvalue weighted by Crippen LogP contribution is -2.64. The first-order valence-corrected chi connectivity index (χ1v) is 13.3. The van der Waals surface area contributed by atoms with Crippen LogP contribution in [0, 0.1) is 28.6 Å². The molecule has 5 rings (SSSR count). The average molecular weight is 541 g/mol. The molecular formula is C30H36O9. The lowest BCUT2D eigenvalue weighted by atomic mass is 9.51. The third-order valence-electron chi connectivity index (χ3n) is 9.89. The van der Waals surface area contributed by atoms with Crippen molar-refractivity contribution in [1.29, 1.82) is 0 Å². The van der Waals surface area contributed by atoms with E-state index in [0.717, 1.165) is 5.56 Å². The number of methoxy groups -OCH3 is 1. The van der Waals surface area contributed by atoms with Gasteiger partial charge in [0.2, 0.25) is 0 Å². The molecule has 2 saturated carbocycles. The Morgan fingerprint density at radius 2 is 1.82 bits per heavy atom. The molecular weight excluding hydrogens is 504 g/mol. The fraction of sp³-hybridized carbons (Fsp3) is 0.600. The van der Waals surface area contributed by atoms with Crippen LogP contribution >= 0.6 is 0 Å². The third kappa shape index (κ3) is 3.84. The van der Waals surface area contributed by atoms with Gasteiger partial charge in [-0.3, -0.25) is 19.2 Å². The van der Waals surface area contributed by atoms with Crippen molar-refractivity contribution in [3.63, 3.8) is 0 Å². The predicted molar refractivity (Wildman–Crippen MR) is 137 cm³/mol.